The molecule has 0 fully saturated rings. The summed E-state index contributed by atoms with van der Waals surface area (Å²) in [6.07, 6.45) is 1.02. The second-order valence-electron chi connectivity index (χ2n) is 4.78. The molecule has 1 atom stereocenters. The molecule has 0 heterocycles. The first kappa shape index (κ1) is 14.3. The van der Waals surface area contributed by atoms with Crippen LogP contribution in [-0.2, 0) is 17.8 Å². The van der Waals surface area contributed by atoms with E-state index in [1.54, 1.807) is 0 Å². The maximum absolute atomic E-state index is 12.0. The van der Waals surface area contributed by atoms with Crippen molar-refractivity contribution in [2.24, 2.45) is 5.73 Å². The molecule has 0 bridgehead atoms. The van der Waals surface area contributed by atoms with E-state index in [1.165, 1.54) is 5.56 Å². The molecule has 2 aromatic rings. The van der Waals surface area contributed by atoms with Crippen molar-refractivity contribution in [1.82, 2.24) is 5.32 Å². The Morgan fingerprint density at radius 3 is 2.25 bits per heavy atom. The summed E-state index contributed by atoms with van der Waals surface area (Å²) in [5, 5.41) is 2.87. The third-order valence-corrected chi connectivity index (χ3v) is 3.34. The van der Waals surface area contributed by atoms with Gasteiger partial charge >= 0.3 is 0 Å². The van der Waals surface area contributed by atoms with Crippen LogP contribution in [0, 0.1) is 0 Å². The highest BCUT2D eigenvalue weighted by molar-refractivity contribution is 5.82. The number of aryl methyl sites for hydroxylation is 1. The zero-order valence-electron chi connectivity index (χ0n) is 11.7. The van der Waals surface area contributed by atoms with Gasteiger partial charge in [-0.2, -0.15) is 0 Å². The fraction of sp³-hybridized carbons (Fsp3) is 0.235. The number of carbonyl (C=O) groups is 1. The van der Waals surface area contributed by atoms with Gasteiger partial charge in [-0.15, -0.1) is 0 Å². The molecule has 0 aliphatic heterocycles. The van der Waals surface area contributed by atoms with Crippen LogP contribution in [0.25, 0.3) is 0 Å². The van der Waals surface area contributed by atoms with Crippen LogP contribution in [0.3, 0.4) is 0 Å². The van der Waals surface area contributed by atoms with E-state index in [1.807, 2.05) is 42.5 Å². The predicted octanol–water partition coefficient (Wildman–Crippen LogP) is 2.57. The molecule has 2 aromatic carbocycles. The van der Waals surface area contributed by atoms with Crippen molar-refractivity contribution in [2.45, 2.75) is 25.9 Å². The maximum atomic E-state index is 12.0. The average Bonchev–Trinajstić information content (AvgIpc) is 2.53. The number of benzene rings is 2. The standard InChI is InChI=1S/C17H20N2O/c1-2-13-8-10-14(11-9-13)12-19-17(20)16(18)15-6-4-3-5-7-15/h3-11,16H,2,12,18H2,1H3,(H,19,20)/t16-/m1/s1. The minimum atomic E-state index is -0.619. The molecule has 1 amide bonds. The lowest BCUT2D eigenvalue weighted by Crippen LogP contribution is -2.33. The Labute approximate surface area is 119 Å². The lowest BCUT2D eigenvalue weighted by atomic mass is 10.1. The average molecular weight is 268 g/mol. The molecule has 0 unspecified atom stereocenters. The van der Waals surface area contributed by atoms with Crippen LogP contribution in [-0.4, -0.2) is 5.91 Å². The second kappa shape index (κ2) is 6.87. The van der Waals surface area contributed by atoms with Crippen molar-refractivity contribution in [3.8, 4) is 0 Å². The highest BCUT2D eigenvalue weighted by Crippen LogP contribution is 2.10. The van der Waals surface area contributed by atoms with E-state index in [0.717, 1.165) is 17.5 Å². The molecule has 0 aliphatic rings. The summed E-state index contributed by atoms with van der Waals surface area (Å²) >= 11 is 0. The molecule has 20 heavy (non-hydrogen) atoms. The van der Waals surface area contributed by atoms with Crippen molar-refractivity contribution in [3.63, 3.8) is 0 Å². The molecule has 3 N–H and O–H groups in total. The van der Waals surface area contributed by atoms with Crippen LogP contribution >= 0.6 is 0 Å². The topological polar surface area (TPSA) is 55.1 Å². The van der Waals surface area contributed by atoms with E-state index in [4.69, 9.17) is 5.73 Å². The quantitative estimate of drug-likeness (QED) is 0.875. The Hall–Kier alpha value is -2.13. The summed E-state index contributed by atoms with van der Waals surface area (Å²) in [4.78, 5) is 12.0. The first-order valence-corrected chi connectivity index (χ1v) is 6.86. The number of rotatable bonds is 5. The molecule has 2 rings (SSSR count). The second-order valence-corrected chi connectivity index (χ2v) is 4.78. The van der Waals surface area contributed by atoms with Gasteiger partial charge in [-0.25, -0.2) is 0 Å². The molecule has 0 saturated carbocycles. The molecule has 104 valence electrons. The monoisotopic (exact) mass is 268 g/mol. The van der Waals surface area contributed by atoms with Gasteiger partial charge in [0.05, 0.1) is 0 Å². The van der Waals surface area contributed by atoms with Crippen molar-refractivity contribution in [1.29, 1.82) is 0 Å². The zero-order chi connectivity index (χ0) is 14.4. The highest BCUT2D eigenvalue weighted by Gasteiger charge is 2.14. The smallest absolute Gasteiger partial charge is 0.241 e. The number of nitrogens with two attached hydrogens (primary N) is 1. The van der Waals surface area contributed by atoms with Crippen LogP contribution in [0.5, 0.6) is 0 Å². The Kier molecular flexibility index (Phi) is 4.91. The van der Waals surface area contributed by atoms with E-state index < -0.39 is 6.04 Å². The minimum absolute atomic E-state index is 0.157. The molecule has 0 spiro atoms. The summed E-state index contributed by atoms with van der Waals surface area (Å²) in [5.74, 6) is -0.157. The molecule has 0 saturated heterocycles. The van der Waals surface area contributed by atoms with Gasteiger partial charge < -0.3 is 11.1 Å². The molecule has 0 aromatic heterocycles. The number of nitrogens with one attached hydrogen (secondary N) is 1. The van der Waals surface area contributed by atoms with E-state index in [9.17, 15) is 4.79 Å². The third-order valence-electron chi connectivity index (χ3n) is 3.34. The lowest BCUT2D eigenvalue weighted by Gasteiger charge is -2.12. The van der Waals surface area contributed by atoms with Crippen LogP contribution in [0.2, 0.25) is 0 Å². The van der Waals surface area contributed by atoms with Gasteiger partial charge in [0.2, 0.25) is 5.91 Å². The van der Waals surface area contributed by atoms with Crippen LogP contribution in [0.15, 0.2) is 54.6 Å². The van der Waals surface area contributed by atoms with Crippen molar-refractivity contribution in [2.75, 3.05) is 0 Å². The van der Waals surface area contributed by atoms with Gasteiger partial charge in [0.1, 0.15) is 6.04 Å². The summed E-state index contributed by atoms with van der Waals surface area (Å²) in [5.41, 5.74) is 9.13. The van der Waals surface area contributed by atoms with E-state index in [-0.39, 0.29) is 5.91 Å². The van der Waals surface area contributed by atoms with E-state index in [2.05, 4.69) is 24.4 Å². The summed E-state index contributed by atoms with van der Waals surface area (Å²) in [7, 11) is 0. The van der Waals surface area contributed by atoms with Crippen LogP contribution in [0.4, 0.5) is 0 Å². The van der Waals surface area contributed by atoms with E-state index >= 15 is 0 Å². The normalized spacial score (nSPS) is 11.9. The predicted molar refractivity (Wildman–Crippen MR) is 81.0 cm³/mol. The summed E-state index contributed by atoms with van der Waals surface area (Å²) in [6, 6.07) is 17.0. The van der Waals surface area contributed by atoms with Gasteiger partial charge in [-0.1, -0.05) is 61.5 Å². The van der Waals surface area contributed by atoms with Gasteiger partial charge in [-0.3, -0.25) is 4.79 Å². The SMILES string of the molecule is CCc1ccc(CNC(=O)[C@H](N)c2ccccc2)cc1. The number of amides is 1. The molecular weight excluding hydrogens is 248 g/mol. The largest absolute Gasteiger partial charge is 0.350 e. The third kappa shape index (κ3) is 3.68. The van der Waals surface area contributed by atoms with Gasteiger partial charge in [-0.05, 0) is 23.1 Å². The minimum Gasteiger partial charge on any atom is -0.350 e. The fourth-order valence-corrected chi connectivity index (χ4v) is 2.00. The number of hydrogen-bond acceptors (Lipinski definition) is 2. The lowest BCUT2D eigenvalue weighted by molar-refractivity contribution is -0.122. The molecule has 3 nitrogen and oxygen atoms in total. The first-order valence-electron chi connectivity index (χ1n) is 6.86. The summed E-state index contributed by atoms with van der Waals surface area (Å²) < 4.78 is 0. The highest BCUT2D eigenvalue weighted by atomic mass is 16.2. The van der Waals surface area contributed by atoms with E-state index in [0.29, 0.717) is 6.54 Å². The molecule has 0 aliphatic carbocycles. The Morgan fingerprint density at radius 1 is 1.05 bits per heavy atom. The first-order chi connectivity index (χ1) is 9.70. The Balaban J connectivity index is 1.91. The fourth-order valence-electron chi connectivity index (χ4n) is 2.00. The number of carbonyl (C=O) groups excluding carboxylic acids is 1. The summed E-state index contributed by atoms with van der Waals surface area (Å²) in [6.45, 7) is 2.62. The van der Waals surface area contributed by atoms with Gasteiger partial charge in [0.15, 0.2) is 0 Å². The van der Waals surface area contributed by atoms with Crippen LogP contribution in [0.1, 0.15) is 29.7 Å². The Bertz CT molecular complexity index is 549. The molecule has 0 radical (unpaired) electrons. The maximum Gasteiger partial charge on any atom is 0.241 e. The molecule has 3 heteroatoms. The zero-order valence-corrected chi connectivity index (χ0v) is 11.7. The van der Waals surface area contributed by atoms with Crippen molar-refractivity contribution < 1.29 is 4.79 Å². The molecular formula is C17H20N2O. The number of hydrogen-bond donors (Lipinski definition) is 2. The van der Waals surface area contributed by atoms with Gasteiger partial charge in [0, 0.05) is 6.54 Å². The van der Waals surface area contributed by atoms with Crippen LogP contribution < -0.4 is 11.1 Å². The van der Waals surface area contributed by atoms with Gasteiger partial charge in [0.25, 0.3) is 0 Å². The Morgan fingerprint density at radius 2 is 1.65 bits per heavy atom. The van der Waals surface area contributed by atoms with Crippen molar-refractivity contribution >= 4 is 5.91 Å². The van der Waals surface area contributed by atoms with Crippen molar-refractivity contribution in [3.05, 3.63) is 71.3 Å².